The summed E-state index contributed by atoms with van der Waals surface area (Å²) in [4.78, 5) is 16.3. The van der Waals surface area contributed by atoms with E-state index in [9.17, 15) is 15.0 Å². The standard InChI is InChI=1S/C27H37BrO6/c1-24(2,34-32)10-5-11-26(4)20-8-13-27(31,16-25(20,3)12-9-21(26)28)22-15-18-14-17(23(29)30)6-7-19(18)33-22/h5-7,10,14,20-22,31-32H,8-9,11-13,15-16H2,1-4H3,(H,29,30). The molecule has 1 aromatic rings. The zero-order chi connectivity index (χ0) is 24.9. The number of halogens is 1. The second-order valence-electron chi connectivity index (χ2n) is 11.8. The lowest BCUT2D eigenvalue weighted by molar-refractivity contribution is -0.297. The third-order valence-corrected chi connectivity index (χ3v) is 10.3. The second-order valence-corrected chi connectivity index (χ2v) is 12.9. The van der Waals surface area contributed by atoms with Crippen molar-refractivity contribution in [1.82, 2.24) is 0 Å². The van der Waals surface area contributed by atoms with Gasteiger partial charge in [0.1, 0.15) is 23.1 Å². The highest BCUT2D eigenvalue weighted by Crippen LogP contribution is 2.63. The summed E-state index contributed by atoms with van der Waals surface area (Å²) in [5.41, 5.74) is -0.591. The molecule has 0 radical (unpaired) electrons. The molecule has 1 heterocycles. The van der Waals surface area contributed by atoms with Gasteiger partial charge >= 0.3 is 5.97 Å². The number of alkyl halides is 1. The number of hydrogen-bond acceptors (Lipinski definition) is 5. The third-order valence-electron chi connectivity index (χ3n) is 8.79. The van der Waals surface area contributed by atoms with Crippen molar-refractivity contribution in [2.75, 3.05) is 0 Å². The van der Waals surface area contributed by atoms with E-state index in [2.05, 4.69) is 40.7 Å². The Hall–Kier alpha value is -1.41. The van der Waals surface area contributed by atoms with Crippen LogP contribution in [0, 0.1) is 16.7 Å². The molecule has 6 nitrogen and oxygen atoms in total. The van der Waals surface area contributed by atoms with Crippen LogP contribution in [0.1, 0.15) is 82.1 Å². The Morgan fingerprint density at radius 1 is 1.29 bits per heavy atom. The van der Waals surface area contributed by atoms with Crippen LogP contribution in [0.5, 0.6) is 5.75 Å². The Labute approximate surface area is 210 Å². The molecule has 2 aliphatic carbocycles. The first kappa shape index (κ1) is 25.7. The molecule has 1 aromatic carbocycles. The smallest absolute Gasteiger partial charge is 0.335 e. The van der Waals surface area contributed by atoms with Gasteiger partial charge in [-0.1, -0.05) is 41.9 Å². The van der Waals surface area contributed by atoms with Crippen LogP contribution in [-0.2, 0) is 11.3 Å². The van der Waals surface area contributed by atoms with E-state index in [-0.39, 0.29) is 22.5 Å². The predicted octanol–water partition coefficient (Wildman–Crippen LogP) is 6.00. The summed E-state index contributed by atoms with van der Waals surface area (Å²) >= 11 is 3.98. The number of benzene rings is 1. The fourth-order valence-corrected chi connectivity index (χ4v) is 7.63. The molecule has 4 rings (SSSR count). The molecule has 0 saturated heterocycles. The lowest BCUT2D eigenvalue weighted by atomic mass is 9.47. The number of aromatic carboxylic acids is 1. The fourth-order valence-electron chi connectivity index (χ4n) is 6.90. The second kappa shape index (κ2) is 8.91. The van der Waals surface area contributed by atoms with Crippen LogP contribution >= 0.6 is 15.9 Å². The van der Waals surface area contributed by atoms with Crippen molar-refractivity contribution in [3.8, 4) is 5.75 Å². The van der Waals surface area contributed by atoms with Gasteiger partial charge in [-0.3, -0.25) is 5.26 Å². The van der Waals surface area contributed by atoms with E-state index < -0.39 is 17.2 Å². The van der Waals surface area contributed by atoms with Crippen LogP contribution in [-0.4, -0.2) is 43.6 Å². The minimum Gasteiger partial charge on any atom is -0.487 e. The summed E-state index contributed by atoms with van der Waals surface area (Å²) in [7, 11) is 0. The maximum absolute atomic E-state index is 11.9. The van der Waals surface area contributed by atoms with Gasteiger partial charge in [-0.2, -0.15) is 0 Å². The predicted molar refractivity (Wildman–Crippen MR) is 134 cm³/mol. The normalized spacial score (nSPS) is 37.8. The summed E-state index contributed by atoms with van der Waals surface area (Å²) in [6.45, 7) is 8.30. The molecule has 188 valence electrons. The van der Waals surface area contributed by atoms with Crippen LogP contribution in [0.25, 0.3) is 0 Å². The summed E-state index contributed by atoms with van der Waals surface area (Å²) in [6, 6.07) is 4.95. The van der Waals surface area contributed by atoms with Gasteiger partial charge in [0.15, 0.2) is 0 Å². The number of carbonyl (C=O) groups is 1. The van der Waals surface area contributed by atoms with E-state index in [4.69, 9.17) is 9.99 Å². The molecular weight excluding hydrogens is 500 g/mol. The van der Waals surface area contributed by atoms with E-state index in [1.807, 2.05) is 19.9 Å². The average Bonchev–Trinajstić information content (AvgIpc) is 3.21. The molecule has 2 saturated carbocycles. The van der Waals surface area contributed by atoms with Crippen molar-refractivity contribution in [3.63, 3.8) is 0 Å². The number of aliphatic hydroxyl groups is 1. The van der Waals surface area contributed by atoms with Gasteiger partial charge in [0, 0.05) is 11.2 Å². The van der Waals surface area contributed by atoms with Gasteiger partial charge in [-0.15, -0.1) is 0 Å². The highest BCUT2D eigenvalue weighted by molar-refractivity contribution is 9.09. The van der Waals surface area contributed by atoms with Crippen molar-refractivity contribution < 1.29 is 29.9 Å². The topological polar surface area (TPSA) is 96.2 Å². The molecule has 3 aliphatic rings. The van der Waals surface area contributed by atoms with E-state index in [0.29, 0.717) is 35.8 Å². The molecule has 7 heteroatoms. The Morgan fingerprint density at radius 3 is 2.71 bits per heavy atom. The lowest BCUT2D eigenvalue weighted by Gasteiger charge is -2.60. The van der Waals surface area contributed by atoms with Crippen LogP contribution in [0.4, 0.5) is 0 Å². The minimum atomic E-state index is -0.952. The Kier molecular flexibility index (Phi) is 6.73. The number of carboxylic acid groups (broad SMARTS) is 1. The monoisotopic (exact) mass is 536 g/mol. The molecule has 2 fully saturated rings. The minimum absolute atomic E-state index is 0.00620. The van der Waals surface area contributed by atoms with E-state index in [1.54, 1.807) is 18.2 Å². The molecule has 6 atom stereocenters. The number of fused-ring (bicyclic) bond motifs is 2. The molecule has 1 aliphatic heterocycles. The van der Waals surface area contributed by atoms with Gasteiger partial charge in [-0.25, -0.2) is 9.68 Å². The summed E-state index contributed by atoms with van der Waals surface area (Å²) in [5.74, 6) is 0.152. The zero-order valence-corrected chi connectivity index (χ0v) is 22.1. The Balaban J connectivity index is 1.53. The van der Waals surface area contributed by atoms with Gasteiger partial charge < -0.3 is 14.9 Å². The van der Waals surface area contributed by atoms with Gasteiger partial charge in [0.05, 0.1) is 5.56 Å². The molecule has 0 aromatic heterocycles. The van der Waals surface area contributed by atoms with Gasteiger partial charge in [0.25, 0.3) is 0 Å². The molecule has 6 unspecified atom stereocenters. The van der Waals surface area contributed by atoms with Crippen molar-refractivity contribution in [2.24, 2.45) is 16.7 Å². The maximum Gasteiger partial charge on any atom is 0.335 e. The van der Waals surface area contributed by atoms with Crippen molar-refractivity contribution >= 4 is 21.9 Å². The van der Waals surface area contributed by atoms with Gasteiger partial charge in [-0.05, 0) is 92.9 Å². The largest absolute Gasteiger partial charge is 0.487 e. The molecule has 34 heavy (non-hydrogen) atoms. The summed E-state index contributed by atoms with van der Waals surface area (Å²) in [5, 5.41) is 30.3. The molecule has 0 spiro atoms. The number of ether oxygens (including phenoxy) is 1. The van der Waals surface area contributed by atoms with Crippen molar-refractivity contribution in [2.45, 2.75) is 94.8 Å². The number of hydrogen-bond donors (Lipinski definition) is 3. The number of carboxylic acids is 1. The molecular formula is C27H37BrO6. The summed E-state index contributed by atoms with van der Waals surface area (Å²) in [6.07, 6.45) is 9.34. The molecule has 3 N–H and O–H groups in total. The Morgan fingerprint density at radius 2 is 2.03 bits per heavy atom. The lowest BCUT2D eigenvalue weighted by Crippen LogP contribution is -2.59. The van der Waals surface area contributed by atoms with E-state index >= 15 is 0 Å². The first-order chi connectivity index (χ1) is 15.8. The quantitative estimate of drug-likeness (QED) is 0.178. The number of allylic oxidation sites excluding steroid dienone is 1. The van der Waals surface area contributed by atoms with Crippen LogP contribution in [0.15, 0.2) is 30.4 Å². The average molecular weight is 537 g/mol. The third kappa shape index (κ3) is 4.57. The fraction of sp³-hybridized carbons (Fsp3) is 0.667. The highest BCUT2D eigenvalue weighted by atomic mass is 79.9. The SMILES string of the molecule is CC(C)(C=CCC1(C)C(Br)CCC2(C)CC(O)(C3Cc4cc(C(=O)O)ccc4O3)CCC21)OO. The van der Waals surface area contributed by atoms with Crippen LogP contribution in [0.3, 0.4) is 0 Å². The highest BCUT2D eigenvalue weighted by Gasteiger charge is 2.59. The van der Waals surface area contributed by atoms with E-state index in [1.165, 1.54) is 0 Å². The molecule has 0 bridgehead atoms. The van der Waals surface area contributed by atoms with Crippen molar-refractivity contribution in [1.29, 1.82) is 0 Å². The zero-order valence-electron chi connectivity index (χ0n) is 20.5. The van der Waals surface area contributed by atoms with Gasteiger partial charge in [0.2, 0.25) is 0 Å². The van der Waals surface area contributed by atoms with Crippen LogP contribution < -0.4 is 4.74 Å². The summed E-state index contributed by atoms with van der Waals surface area (Å²) < 4.78 is 6.20. The number of rotatable bonds is 6. The maximum atomic E-state index is 11.9. The first-order valence-electron chi connectivity index (χ1n) is 12.2. The van der Waals surface area contributed by atoms with Crippen LogP contribution in [0.2, 0.25) is 0 Å². The first-order valence-corrected chi connectivity index (χ1v) is 13.1. The van der Waals surface area contributed by atoms with E-state index in [0.717, 1.165) is 31.2 Å². The van der Waals surface area contributed by atoms with Crippen molar-refractivity contribution in [3.05, 3.63) is 41.5 Å². The Bertz CT molecular complexity index is 976. The molecule has 0 amide bonds.